The van der Waals surface area contributed by atoms with Crippen molar-refractivity contribution < 1.29 is 18.9 Å². The minimum atomic E-state index is -0.454. The van der Waals surface area contributed by atoms with Crippen LogP contribution in [-0.4, -0.2) is 29.9 Å². The number of hydrogen-bond acceptors (Lipinski definition) is 6. The molecule has 23 heavy (non-hydrogen) atoms. The van der Waals surface area contributed by atoms with Crippen LogP contribution in [-0.2, 0) is 11.3 Å². The lowest BCUT2D eigenvalue weighted by Crippen LogP contribution is -2.22. The predicted molar refractivity (Wildman–Crippen MR) is 83.0 cm³/mol. The lowest BCUT2D eigenvalue weighted by atomic mass is 10.1. The molecule has 1 aromatic heterocycles. The Bertz CT molecular complexity index is 710. The van der Waals surface area contributed by atoms with Gasteiger partial charge in [-0.3, -0.25) is 15.0 Å². The van der Waals surface area contributed by atoms with Crippen molar-refractivity contribution in [3.63, 3.8) is 0 Å². The summed E-state index contributed by atoms with van der Waals surface area (Å²) in [6.07, 6.45) is 1.44. The summed E-state index contributed by atoms with van der Waals surface area (Å²) in [5.74, 6) is 0.0433. The molecule has 2 rings (SSSR count). The van der Waals surface area contributed by atoms with E-state index in [9.17, 15) is 14.9 Å². The van der Waals surface area contributed by atoms with E-state index in [1.165, 1.54) is 19.4 Å². The molecule has 0 aliphatic heterocycles. The van der Waals surface area contributed by atoms with E-state index in [0.717, 1.165) is 5.56 Å². The second-order valence-corrected chi connectivity index (χ2v) is 5.19. The zero-order chi connectivity index (χ0) is 17.0. The van der Waals surface area contributed by atoms with Gasteiger partial charge in [0.15, 0.2) is 0 Å². The van der Waals surface area contributed by atoms with Crippen molar-refractivity contribution >= 4 is 11.7 Å². The molecule has 0 N–H and O–H groups in total. The van der Waals surface area contributed by atoms with Crippen LogP contribution in [0.1, 0.15) is 34.6 Å². The van der Waals surface area contributed by atoms with E-state index in [4.69, 9.17) is 9.15 Å². The minimum absolute atomic E-state index is 0.0519. The molecule has 1 heterocycles. The number of carbonyl (C=O) groups is 1. The topological polar surface area (TPSA) is 85.8 Å². The molecule has 1 atom stereocenters. The summed E-state index contributed by atoms with van der Waals surface area (Å²) < 4.78 is 10.1. The van der Waals surface area contributed by atoms with Gasteiger partial charge in [0, 0.05) is 18.2 Å². The zero-order valence-corrected chi connectivity index (χ0v) is 13.2. The highest BCUT2D eigenvalue weighted by Gasteiger charge is 2.20. The van der Waals surface area contributed by atoms with Crippen LogP contribution in [0.4, 0.5) is 5.69 Å². The molecule has 0 aliphatic carbocycles. The van der Waals surface area contributed by atoms with Crippen molar-refractivity contribution in [2.45, 2.75) is 19.5 Å². The highest BCUT2D eigenvalue weighted by Crippen LogP contribution is 2.25. The number of rotatable bonds is 6. The molecule has 0 saturated carbocycles. The lowest BCUT2D eigenvalue weighted by Gasteiger charge is -2.24. The molecular weight excluding hydrogens is 300 g/mol. The van der Waals surface area contributed by atoms with Gasteiger partial charge in [-0.15, -0.1) is 0 Å². The number of furan rings is 1. The fourth-order valence-corrected chi connectivity index (χ4v) is 2.27. The van der Waals surface area contributed by atoms with Crippen LogP contribution in [0.25, 0.3) is 0 Å². The van der Waals surface area contributed by atoms with Crippen LogP contribution < -0.4 is 0 Å². The molecule has 0 saturated heterocycles. The van der Waals surface area contributed by atoms with Gasteiger partial charge in [0.05, 0.1) is 24.8 Å². The van der Waals surface area contributed by atoms with Crippen LogP contribution in [0.15, 0.2) is 41.0 Å². The van der Waals surface area contributed by atoms with Crippen LogP contribution in [0.3, 0.4) is 0 Å². The molecule has 7 nitrogen and oxygen atoms in total. The summed E-state index contributed by atoms with van der Waals surface area (Å²) >= 11 is 0. The van der Waals surface area contributed by atoms with Gasteiger partial charge in [-0.2, -0.15) is 0 Å². The Balaban J connectivity index is 2.16. The fraction of sp³-hybridized carbons (Fsp3) is 0.312. The van der Waals surface area contributed by atoms with E-state index in [-0.39, 0.29) is 11.7 Å². The van der Waals surface area contributed by atoms with E-state index in [1.807, 2.05) is 24.9 Å². The summed E-state index contributed by atoms with van der Waals surface area (Å²) in [5, 5.41) is 10.9. The number of benzene rings is 1. The molecule has 122 valence electrons. The Morgan fingerprint density at radius 3 is 2.83 bits per heavy atom. The molecule has 0 radical (unpaired) electrons. The summed E-state index contributed by atoms with van der Waals surface area (Å²) in [6, 6.07) is 7.96. The molecular formula is C16H18N2O5. The largest absolute Gasteiger partial charge is 0.467 e. The Morgan fingerprint density at radius 1 is 1.43 bits per heavy atom. The third kappa shape index (κ3) is 3.75. The number of carbonyl (C=O) groups excluding carboxylic acids is 1. The second kappa shape index (κ2) is 7.06. The van der Waals surface area contributed by atoms with Crippen LogP contribution in [0.5, 0.6) is 0 Å². The Morgan fingerprint density at radius 2 is 2.17 bits per heavy atom. The predicted octanol–water partition coefficient (Wildman–Crippen LogP) is 3.17. The van der Waals surface area contributed by atoms with Gasteiger partial charge in [-0.1, -0.05) is 12.1 Å². The fourth-order valence-electron chi connectivity index (χ4n) is 2.27. The molecule has 2 aromatic rings. The number of hydrogen-bond donors (Lipinski definition) is 0. The average molecular weight is 318 g/mol. The number of non-ortho nitro benzene ring substituents is 1. The molecule has 1 aromatic carbocycles. The summed E-state index contributed by atoms with van der Waals surface area (Å²) in [4.78, 5) is 24.1. The molecule has 0 aliphatic rings. The van der Waals surface area contributed by atoms with Gasteiger partial charge in [0.1, 0.15) is 11.3 Å². The maximum atomic E-state index is 11.7. The van der Waals surface area contributed by atoms with Crippen molar-refractivity contribution in [1.82, 2.24) is 4.90 Å². The van der Waals surface area contributed by atoms with E-state index >= 15 is 0 Å². The van der Waals surface area contributed by atoms with Crippen molar-refractivity contribution in [2.75, 3.05) is 14.2 Å². The normalized spacial score (nSPS) is 12.2. The number of nitrogens with zero attached hydrogens (tertiary/aromatic N) is 2. The van der Waals surface area contributed by atoms with Crippen LogP contribution in [0.2, 0.25) is 0 Å². The van der Waals surface area contributed by atoms with Crippen molar-refractivity contribution in [3.8, 4) is 0 Å². The molecule has 0 fully saturated rings. The maximum absolute atomic E-state index is 11.7. The number of nitro benzene ring substituents is 1. The van der Waals surface area contributed by atoms with Gasteiger partial charge in [0.2, 0.25) is 0 Å². The summed E-state index contributed by atoms with van der Waals surface area (Å²) in [5.41, 5.74) is 1.24. The Labute approximate surface area is 133 Å². The van der Waals surface area contributed by atoms with E-state index < -0.39 is 10.9 Å². The number of nitro groups is 1. The van der Waals surface area contributed by atoms with Gasteiger partial charge >= 0.3 is 5.97 Å². The van der Waals surface area contributed by atoms with E-state index in [0.29, 0.717) is 17.9 Å². The molecule has 0 unspecified atom stereocenters. The molecule has 0 bridgehead atoms. The Kier molecular flexibility index (Phi) is 5.13. The monoisotopic (exact) mass is 318 g/mol. The first-order valence-corrected chi connectivity index (χ1v) is 7.03. The van der Waals surface area contributed by atoms with Crippen molar-refractivity contribution in [1.29, 1.82) is 0 Å². The average Bonchev–Trinajstić information content (AvgIpc) is 3.01. The third-order valence-corrected chi connectivity index (χ3v) is 3.77. The van der Waals surface area contributed by atoms with Gasteiger partial charge < -0.3 is 9.15 Å². The number of esters is 1. The van der Waals surface area contributed by atoms with Gasteiger partial charge in [-0.05, 0) is 25.6 Å². The van der Waals surface area contributed by atoms with Gasteiger partial charge in [-0.25, -0.2) is 4.79 Å². The standard InChI is InChI=1S/C16H18N2O5/c1-11(12-5-4-6-13(9-12)18(20)21)17(2)10-15-14(7-8-23-15)16(19)22-3/h4-9,11H,10H2,1-3H3/t11-/m1/s1. The van der Waals surface area contributed by atoms with Gasteiger partial charge in [0.25, 0.3) is 5.69 Å². The lowest BCUT2D eigenvalue weighted by molar-refractivity contribution is -0.384. The first-order chi connectivity index (χ1) is 10.9. The minimum Gasteiger partial charge on any atom is -0.467 e. The molecule has 0 amide bonds. The van der Waals surface area contributed by atoms with E-state index in [1.54, 1.807) is 18.2 Å². The summed E-state index contributed by atoms with van der Waals surface area (Å²) in [7, 11) is 3.17. The maximum Gasteiger partial charge on any atom is 0.341 e. The second-order valence-electron chi connectivity index (χ2n) is 5.19. The SMILES string of the molecule is COC(=O)c1ccoc1CN(C)[C@H](C)c1cccc([N+](=O)[O-])c1. The van der Waals surface area contributed by atoms with Crippen LogP contribution in [0, 0.1) is 10.1 Å². The molecule has 0 spiro atoms. The summed E-state index contributed by atoms with van der Waals surface area (Å²) in [6.45, 7) is 2.31. The first-order valence-electron chi connectivity index (χ1n) is 7.03. The van der Waals surface area contributed by atoms with E-state index in [2.05, 4.69) is 0 Å². The zero-order valence-electron chi connectivity index (χ0n) is 13.2. The van der Waals surface area contributed by atoms with Crippen molar-refractivity contribution in [2.24, 2.45) is 0 Å². The highest BCUT2D eigenvalue weighted by molar-refractivity contribution is 5.90. The quantitative estimate of drug-likeness (QED) is 0.462. The first kappa shape index (κ1) is 16.7. The highest BCUT2D eigenvalue weighted by atomic mass is 16.6. The molecule has 7 heteroatoms. The Hall–Kier alpha value is -2.67. The number of ether oxygens (including phenoxy) is 1. The third-order valence-electron chi connectivity index (χ3n) is 3.77. The number of methoxy groups -OCH3 is 1. The van der Waals surface area contributed by atoms with Crippen LogP contribution >= 0.6 is 0 Å². The van der Waals surface area contributed by atoms with Crippen molar-refractivity contribution in [3.05, 3.63) is 63.6 Å². The smallest absolute Gasteiger partial charge is 0.341 e.